The van der Waals surface area contributed by atoms with Crippen molar-refractivity contribution in [3.05, 3.63) is 32.4 Å². The molecule has 0 N–H and O–H groups in total. The van der Waals surface area contributed by atoms with E-state index in [0.29, 0.717) is 19.2 Å². The summed E-state index contributed by atoms with van der Waals surface area (Å²) < 4.78 is 80.0. The molecule has 0 saturated carbocycles. The molecule has 1 rings (SSSR count). The molecule has 0 aromatic heterocycles. The van der Waals surface area contributed by atoms with Crippen LogP contribution in [0.15, 0.2) is 12.1 Å². The maximum Gasteiger partial charge on any atom is 0.417 e. The van der Waals surface area contributed by atoms with Gasteiger partial charge in [0, 0.05) is 3.57 Å². The lowest BCUT2D eigenvalue weighted by atomic mass is 10.00. The van der Waals surface area contributed by atoms with E-state index < -0.39 is 35.0 Å². The standard InChI is InChI=1S/C10H5F6IO2/c1-19-8(18)7-5(9(11,12)13)2-4(17)3-6(7)10(14,15)16/h2-3H,1H3. The smallest absolute Gasteiger partial charge is 0.417 e. The molecule has 0 heterocycles. The number of hydrogen-bond donors (Lipinski definition) is 0. The number of hydrogen-bond acceptors (Lipinski definition) is 2. The lowest BCUT2D eigenvalue weighted by Gasteiger charge is -2.17. The second kappa shape index (κ2) is 5.17. The summed E-state index contributed by atoms with van der Waals surface area (Å²) in [6, 6.07) is 0.921. The van der Waals surface area contributed by atoms with Crippen LogP contribution >= 0.6 is 22.6 Å². The molecule has 0 aliphatic carbocycles. The first-order chi connectivity index (χ1) is 8.48. The second-order valence-corrected chi connectivity index (χ2v) is 4.61. The minimum Gasteiger partial charge on any atom is -0.465 e. The highest BCUT2D eigenvalue weighted by atomic mass is 127. The van der Waals surface area contributed by atoms with E-state index in [1.165, 1.54) is 22.6 Å². The Morgan fingerprint density at radius 2 is 1.42 bits per heavy atom. The van der Waals surface area contributed by atoms with Gasteiger partial charge in [0.2, 0.25) is 0 Å². The van der Waals surface area contributed by atoms with Gasteiger partial charge in [0.1, 0.15) is 0 Å². The van der Waals surface area contributed by atoms with Crippen molar-refractivity contribution in [3.8, 4) is 0 Å². The third-order valence-corrected chi connectivity index (χ3v) is 2.73. The number of carbonyl (C=O) groups is 1. The molecule has 0 aliphatic heterocycles. The zero-order valence-corrected chi connectivity index (χ0v) is 11.3. The Bertz CT molecular complexity index is 471. The maximum atomic E-state index is 12.7. The Kier molecular flexibility index (Phi) is 4.37. The fourth-order valence-corrected chi connectivity index (χ4v) is 2.00. The van der Waals surface area contributed by atoms with Crippen molar-refractivity contribution >= 4 is 28.6 Å². The predicted molar refractivity (Wildman–Crippen MR) is 60.5 cm³/mol. The Morgan fingerprint density at radius 1 is 1.05 bits per heavy atom. The van der Waals surface area contributed by atoms with Gasteiger partial charge in [-0.1, -0.05) is 0 Å². The first-order valence-electron chi connectivity index (χ1n) is 4.54. The normalized spacial score (nSPS) is 12.4. The minimum atomic E-state index is -5.09. The second-order valence-electron chi connectivity index (χ2n) is 3.36. The Labute approximate surface area is 116 Å². The zero-order chi connectivity index (χ0) is 15.0. The number of esters is 1. The molecule has 0 bridgehead atoms. The molecule has 0 atom stereocenters. The largest absolute Gasteiger partial charge is 0.465 e. The molecule has 106 valence electrons. The van der Waals surface area contributed by atoms with E-state index in [1.54, 1.807) is 0 Å². The highest BCUT2D eigenvalue weighted by Crippen LogP contribution is 2.40. The molecule has 1 aromatic rings. The van der Waals surface area contributed by atoms with Crippen molar-refractivity contribution in [3.63, 3.8) is 0 Å². The molecule has 2 nitrogen and oxygen atoms in total. The summed E-state index contributed by atoms with van der Waals surface area (Å²) >= 11 is 1.31. The summed E-state index contributed by atoms with van der Waals surface area (Å²) in [6.07, 6.45) is -10.2. The summed E-state index contributed by atoms with van der Waals surface area (Å²) in [7, 11) is 0.709. The molecule has 0 saturated heterocycles. The van der Waals surface area contributed by atoms with Crippen molar-refractivity contribution < 1.29 is 35.9 Å². The first kappa shape index (κ1) is 16.1. The number of benzene rings is 1. The SMILES string of the molecule is COC(=O)c1c(C(F)(F)F)cc(I)cc1C(F)(F)F. The van der Waals surface area contributed by atoms with Crippen LogP contribution in [0.4, 0.5) is 26.3 Å². The number of rotatable bonds is 1. The Morgan fingerprint density at radius 3 is 1.68 bits per heavy atom. The van der Waals surface area contributed by atoms with Crippen molar-refractivity contribution in [2.45, 2.75) is 12.4 Å². The van der Waals surface area contributed by atoms with Gasteiger partial charge in [-0.2, -0.15) is 26.3 Å². The number of halogens is 7. The molecule has 0 aliphatic rings. The monoisotopic (exact) mass is 398 g/mol. The lowest BCUT2D eigenvalue weighted by molar-refractivity contribution is -0.144. The van der Waals surface area contributed by atoms with Crippen LogP contribution in [0.5, 0.6) is 0 Å². The number of carbonyl (C=O) groups excluding carboxylic acids is 1. The fourth-order valence-electron chi connectivity index (χ4n) is 1.38. The molecule has 0 amide bonds. The highest BCUT2D eigenvalue weighted by molar-refractivity contribution is 14.1. The van der Waals surface area contributed by atoms with Gasteiger partial charge in [-0.25, -0.2) is 4.79 Å². The van der Waals surface area contributed by atoms with E-state index in [0.717, 1.165) is 0 Å². The Hall–Kier alpha value is -1.00. The van der Waals surface area contributed by atoms with Gasteiger partial charge in [0.15, 0.2) is 0 Å². The lowest BCUT2D eigenvalue weighted by Crippen LogP contribution is -2.21. The third-order valence-electron chi connectivity index (χ3n) is 2.10. The minimum absolute atomic E-state index is 0.287. The van der Waals surface area contributed by atoms with Crippen LogP contribution in [0.25, 0.3) is 0 Å². The van der Waals surface area contributed by atoms with Crippen LogP contribution < -0.4 is 0 Å². The number of methoxy groups -OCH3 is 1. The van der Waals surface area contributed by atoms with Crippen LogP contribution in [0.1, 0.15) is 21.5 Å². The van der Waals surface area contributed by atoms with Crippen LogP contribution in [0.3, 0.4) is 0 Å². The molecule has 1 aromatic carbocycles. The third kappa shape index (κ3) is 3.51. The summed E-state index contributed by atoms with van der Waals surface area (Å²) in [4.78, 5) is 11.2. The fraction of sp³-hybridized carbons (Fsp3) is 0.300. The van der Waals surface area contributed by atoms with E-state index in [-0.39, 0.29) is 3.57 Å². The molecule has 19 heavy (non-hydrogen) atoms. The molecule has 0 fully saturated rings. The van der Waals surface area contributed by atoms with Crippen molar-refractivity contribution in [2.24, 2.45) is 0 Å². The summed E-state index contributed by atoms with van der Waals surface area (Å²) in [5, 5.41) is 0. The molecule has 0 spiro atoms. The van der Waals surface area contributed by atoms with E-state index >= 15 is 0 Å². The van der Waals surface area contributed by atoms with Crippen LogP contribution in [-0.4, -0.2) is 13.1 Å². The number of ether oxygens (including phenoxy) is 1. The Balaban J connectivity index is 3.74. The average molecular weight is 398 g/mol. The molecular formula is C10H5F6IO2. The van der Waals surface area contributed by atoms with Crippen LogP contribution in [-0.2, 0) is 17.1 Å². The number of alkyl halides is 6. The van der Waals surface area contributed by atoms with E-state index in [9.17, 15) is 31.1 Å². The van der Waals surface area contributed by atoms with Gasteiger partial charge in [-0.3, -0.25) is 0 Å². The molecular weight excluding hydrogens is 393 g/mol. The van der Waals surface area contributed by atoms with Crippen molar-refractivity contribution in [1.82, 2.24) is 0 Å². The summed E-state index contributed by atoms with van der Waals surface area (Å²) in [5.74, 6) is -1.68. The van der Waals surface area contributed by atoms with Gasteiger partial charge in [-0.05, 0) is 34.7 Å². The summed E-state index contributed by atoms with van der Waals surface area (Å²) in [6.45, 7) is 0. The molecule has 9 heteroatoms. The average Bonchev–Trinajstić information content (AvgIpc) is 2.24. The summed E-state index contributed by atoms with van der Waals surface area (Å²) in [5.41, 5.74) is -4.86. The van der Waals surface area contributed by atoms with E-state index in [2.05, 4.69) is 4.74 Å². The molecule has 0 radical (unpaired) electrons. The van der Waals surface area contributed by atoms with E-state index in [4.69, 9.17) is 0 Å². The predicted octanol–water partition coefficient (Wildman–Crippen LogP) is 4.12. The first-order valence-corrected chi connectivity index (χ1v) is 5.62. The van der Waals surface area contributed by atoms with Gasteiger partial charge in [-0.15, -0.1) is 0 Å². The van der Waals surface area contributed by atoms with Crippen LogP contribution in [0, 0.1) is 3.57 Å². The van der Waals surface area contributed by atoms with Gasteiger partial charge in [0.25, 0.3) is 0 Å². The quantitative estimate of drug-likeness (QED) is 0.405. The van der Waals surface area contributed by atoms with Gasteiger partial charge >= 0.3 is 18.3 Å². The van der Waals surface area contributed by atoms with E-state index in [1.807, 2.05) is 0 Å². The maximum absolute atomic E-state index is 12.7. The van der Waals surface area contributed by atoms with Crippen LogP contribution in [0.2, 0.25) is 0 Å². The topological polar surface area (TPSA) is 26.3 Å². The van der Waals surface area contributed by atoms with Gasteiger partial charge in [0.05, 0.1) is 23.8 Å². The van der Waals surface area contributed by atoms with Crippen molar-refractivity contribution in [2.75, 3.05) is 7.11 Å². The zero-order valence-electron chi connectivity index (χ0n) is 9.12. The van der Waals surface area contributed by atoms with Gasteiger partial charge < -0.3 is 4.74 Å². The highest BCUT2D eigenvalue weighted by Gasteiger charge is 2.43. The molecule has 0 unspecified atom stereocenters. The van der Waals surface area contributed by atoms with Crippen molar-refractivity contribution in [1.29, 1.82) is 0 Å².